The highest BCUT2D eigenvalue weighted by molar-refractivity contribution is 8.76. The van der Waals surface area contributed by atoms with E-state index in [-0.39, 0.29) is 61.5 Å². The highest BCUT2D eigenvalue weighted by Gasteiger charge is 2.37. The molecule has 5 aromatic carbocycles. The van der Waals surface area contributed by atoms with Crippen molar-refractivity contribution in [3.05, 3.63) is 173 Å². The minimum absolute atomic E-state index is 0.0122. The number of aromatic amines is 2. The van der Waals surface area contributed by atoms with Crippen molar-refractivity contribution in [1.82, 2.24) is 73.4 Å². The molecule has 8 atom stereocenters. The molecule has 0 radical (unpaired) electrons. The predicted molar refractivity (Wildman–Crippen MR) is 402 cm³/mol. The molecule has 2 aromatic heterocycles. The Morgan fingerprint density at radius 3 is 1.83 bits per heavy atom. The summed E-state index contributed by atoms with van der Waals surface area (Å²) in [6, 6.07) is 26.1. The number of carbonyl (C=O) groups is 9. The van der Waals surface area contributed by atoms with Gasteiger partial charge in [-0.1, -0.05) is 126 Å². The maximum absolute atomic E-state index is 15.4. The highest BCUT2D eigenvalue weighted by Crippen LogP contribution is 2.26. The van der Waals surface area contributed by atoms with Crippen molar-refractivity contribution in [2.75, 3.05) is 70.4 Å². The Balaban J connectivity index is 1.04. The number of carbonyl (C=O) groups excluding carboxylic acids is 9. The summed E-state index contributed by atoms with van der Waals surface area (Å²) in [5.41, 5.74) is 17.2. The van der Waals surface area contributed by atoms with Gasteiger partial charge in [-0.2, -0.15) is 0 Å². The summed E-state index contributed by atoms with van der Waals surface area (Å²) in [6.07, 6.45) is 5.96. The lowest BCUT2D eigenvalue weighted by atomic mass is 10.00. The van der Waals surface area contributed by atoms with Gasteiger partial charge in [-0.3, -0.25) is 48.1 Å². The minimum Gasteiger partial charge on any atom is -0.508 e. The quantitative estimate of drug-likeness (QED) is 0.0343. The van der Waals surface area contributed by atoms with Crippen LogP contribution in [-0.2, 0) is 70.6 Å². The van der Waals surface area contributed by atoms with Crippen LogP contribution in [0.2, 0.25) is 0 Å². The first-order valence-corrected chi connectivity index (χ1v) is 37.9. The maximum Gasteiger partial charge on any atom is 0.251 e. The third-order valence-electron chi connectivity index (χ3n) is 18.3. The van der Waals surface area contributed by atoms with E-state index >= 15 is 19.2 Å². The van der Waals surface area contributed by atoms with Crippen LogP contribution in [0.4, 0.5) is 0 Å². The predicted octanol–water partition coefficient (Wildman–Crippen LogP) is 2.85. The van der Waals surface area contributed by atoms with E-state index in [1.54, 1.807) is 74.8 Å². The maximum atomic E-state index is 15.4. The Hall–Kier alpha value is -9.29. The lowest BCUT2D eigenvalue weighted by molar-refractivity contribution is -0.136. The Morgan fingerprint density at radius 1 is 0.563 bits per heavy atom. The number of phenolic OH excluding ortho intramolecular Hbond substituents is 1. The molecule has 28 heteroatoms. The third kappa shape index (κ3) is 23.9. The molecule has 9 rings (SSSR count). The monoisotopic (exact) mass is 1450 g/mol. The number of hydrogen-bond donors (Lipinski definition) is 16. The Kier molecular flexibility index (Phi) is 30.2. The number of rotatable bonds is 22. The van der Waals surface area contributed by atoms with Gasteiger partial charge < -0.3 is 85.0 Å². The normalized spacial score (nSPS) is 20.8. The number of H-pyrrole nitrogens is 2. The highest BCUT2D eigenvalue weighted by atomic mass is 33.1. The molecular weight excluding hydrogens is 1350 g/mol. The summed E-state index contributed by atoms with van der Waals surface area (Å²) >= 11 is 0. The number of phenols is 1. The molecule has 550 valence electrons. The summed E-state index contributed by atoms with van der Waals surface area (Å²) in [7, 11) is 2.08. The molecule has 4 heterocycles. The number of fused-ring (bicyclic) bond motifs is 2. The van der Waals surface area contributed by atoms with Crippen LogP contribution < -0.4 is 70.0 Å². The molecule has 9 amide bonds. The first kappa shape index (κ1) is 77.9. The molecule has 0 aliphatic carbocycles. The van der Waals surface area contributed by atoms with E-state index in [1.165, 1.54) is 12.1 Å². The summed E-state index contributed by atoms with van der Waals surface area (Å²) in [5.74, 6) is -8.11. The number of primary amides is 1. The first-order valence-electron chi connectivity index (χ1n) is 35.4. The van der Waals surface area contributed by atoms with Crippen LogP contribution in [0.25, 0.3) is 21.8 Å². The van der Waals surface area contributed by atoms with Crippen molar-refractivity contribution in [1.29, 1.82) is 0 Å². The number of nitrogens with one attached hydrogen (secondary N) is 13. The van der Waals surface area contributed by atoms with Gasteiger partial charge in [0.05, 0.1) is 0 Å². The van der Waals surface area contributed by atoms with E-state index < -0.39 is 107 Å². The average molecular weight is 1450 g/mol. The largest absolute Gasteiger partial charge is 0.508 e. The van der Waals surface area contributed by atoms with Crippen LogP contribution in [0.1, 0.15) is 84.1 Å². The molecule has 7 aromatic rings. The van der Waals surface area contributed by atoms with Gasteiger partial charge in [-0.05, 0) is 135 Å². The molecule has 0 bridgehead atoms. The molecule has 103 heavy (non-hydrogen) atoms. The van der Waals surface area contributed by atoms with Crippen LogP contribution in [0.3, 0.4) is 0 Å². The van der Waals surface area contributed by atoms with E-state index in [9.17, 15) is 29.1 Å². The second kappa shape index (κ2) is 39.9. The number of unbranched alkanes of at least 4 members (excludes halogenated alkanes) is 1. The summed E-state index contributed by atoms with van der Waals surface area (Å²) in [4.78, 5) is 142. The molecule has 2 saturated heterocycles. The SMILES string of the molecule is CC(C)[C@@H]1NC(=O)[C@H](CCCCN)NC(=O)[C@@H](Cc2c[nH]c3ccccc23)NC(=O)[C@H](Cc2ccc(O)cc2)NC(=O)[C@@H](NC(=O)[C@@H](Cc2ccccc2)NC(=O)c2ccc(CN3CCCNCCNCCCNCC3)cc2)CSSC[C@@H](C(=O)N[C@@H](Cc2c[nH]c3ccccc23)C(N)=O)NC1=O. The van der Waals surface area contributed by atoms with Gasteiger partial charge >= 0.3 is 0 Å². The van der Waals surface area contributed by atoms with Crippen LogP contribution in [0.15, 0.2) is 140 Å². The number of amides is 9. The zero-order chi connectivity index (χ0) is 73.0. The van der Waals surface area contributed by atoms with Crippen molar-refractivity contribution in [3.63, 3.8) is 0 Å². The fourth-order valence-electron chi connectivity index (χ4n) is 12.5. The van der Waals surface area contributed by atoms with Crippen molar-refractivity contribution in [2.45, 2.75) is 127 Å². The van der Waals surface area contributed by atoms with Gasteiger partial charge in [0.15, 0.2) is 0 Å². The molecule has 26 nitrogen and oxygen atoms in total. The van der Waals surface area contributed by atoms with Gasteiger partial charge in [0, 0.05) is 110 Å². The van der Waals surface area contributed by atoms with Crippen LogP contribution in [0, 0.1) is 5.92 Å². The Bertz CT molecular complexity index is 3940. The number of benzene rings is 5. The minimum atomic E-state index is -1.50. The topological polar surface area (TPSA) is 393 Å². The zero-order valence-electron chi connectivity index (χ0n) is 58.4. The van der Waals surface area contributed by atoms with Crippen molar-refractivity contribution < 1.29 is 48.3 Å². The number of para-hydroxylation sites is 2. The molecule has 2 aliphatic rings. The van der Waals surface area contributed by atoms with Gasteiger partial charge in [0.1, 0.15) is 54.1 Å². The van der Waals surface area contributed by atoms with E-state index in [0.29, 0.717) is 41.6 Å². The van der Waals surface area contributed by atoms with Crippen LogP contribution in [-0.4, -0.2) is 192 Å². The number of aromatic hydroxyl groups is 1. The van der Waals surface area contributed by atoms with E-state index in [4.69, 9.17) is 11.5 Å². The average Bonchev–Trinajstić information content (AvgIpc) is 1.74. The van der Waals surface area contributed by atoms with Crippen LogP contribution >= 0.6 is 21.6 Å². The van der Waals surface area contributed by atoms with Gasteiger partial charge in [-0.15, -0.1) is 0 Å². The second-order valence-corrected chi connectivity index (χ2v) is 29.0. The molecule has 0 saturated carbocycles. The number of aromatic nitrogens is 2. The number of nitrogens with zero attached hydrogens (tertiary/aromatic N) is 1. The lowest BCUT2D eigenvalue weighted by Gasteiger charge is -2.29. The molecule has 18 N–H and O–H groups in total. The molecule has 0 spiro atoms. The van der Waals surface area contributed by atoms with Gasteiger partial charge in [-0.25, -0.2) is 0 Å². The van der Waals surface area contributed by atoms with Crippen molar-refractivity contribution in [3.8, 4) is 5.75 Å². The first-order chi connectivity index (χ1) is 49.9. The Labute approximate surface area is 608 Å². The molecule has 0 unspecified atom stereocenters. The van der Waals surface area contributed by atoms with E-state index in [2.05, 4.69) is 73.4 Å². The summed E-state index contributed by atoms with van der Waals surface area (Å²) in [6.45, 7) is 11.4. The fraction of sp³-hybridized carbons (Fsp3) is 0.427. The lowest BCUT2D eigenvalue weighted by Crippen LogP contribution is -2.62. The summed E-state index contributed by atoms with van der Waals surface area (Å²) < 4.78 is 0. The van der Waals surface area contributed by atoms with Gasteiger partial charge in [0.25, 0.3) is 5.91 Å². The molecular formula is C75H98N16O10S2. The number of hydrogen-bond acceptors (Lipinski definition) is 17. The third-order valence-corrected chi connectivity index (χ3v) is 20.7. The summed E-state index contributed by atoms with van der Waals surface area (Å²) in [5, 5.41) is 45.3. The van der Waals surface area contributed by atoms with E-state index in [0.717, 1.165) is 114 Å². The fourth-order valence-corrected chi connectivity index (χ4v) is 14.8. The van der Waals surface area contributed by atoms with Crippen molar-refractivity contribution >= 4 is 96.6 Å². The smallest absolute Gasteiger partial charge is 0.251 e. The van der Waals surface area contributed by atoms with Gasteiger partial charge in [0.2, 0.25) is 47.3 Å². The number of nitrogens with two attached hydrogens (primary N) is 2. The standard InChI is InChI=1S/C75H98N16O10S2/c1-47(2)66-75(101)89-65(73(99)84-60(67(77)93)40-52-42-81-57-18-8-6-16-55(52)57)46-103-102-45-64(88-71(97)61(38-48-14-4-3-5-15-48)85-68(94)51-25-21-50(22-26-51)44-91-36-13-32-79-34-33-78-30-12-31-80-35-37-91)74(100)86-62(39-49-23-27-54(92)28-24-49)70(96)87-63(41-53-43-82-58-19-9-7-17-56(53)58)72(98)83-59(69(95)90-66)20-10-11-29-76/h3-9,14-19,21-28,42-43,47,59-66,78-82,92H,10-13,20,29-41,44-46,76H2,1-2H3,(H2,77,93)(H,83,98)(H,84,99)(H,85,94)(H,86,100)(H,87,96)(H,88,97)(H,89,101)(H,90,95)/t59-,60-,61+,62-,63+,64-,65-,66-/m0/s1. The molecule has 2 aliphatic heterocycles. The Morgan fingerprint density at radius 2 is 1.16 bits per heavy atom. The molecule has 2 fully saturated rings. The van der Waals surface area contributed by atoms with E-state index in [1.807, 2.05) is 66.7 Å². The van der Waals surface area contributed by atoms with Crippen molar-refractivity contribution in [2.24, 2.45) is 17.4 Å². The second-order valence-electron chi connectivity index (χ2n) is 26.5. The zero-order valence-corrected chi connectivity index (χ0v) is 60.0. The van der Waals surface area contributed by atoms with Crippen LogP contribution in [0.5, 0.6) is 5.75 Å².